The van der Waals surface area contributed by atoms with Crippen molar-refractivity contribution in [1.82, 2.24) is 10.6 Å². The summed E-state index contributed by atoms with van der Waals surface area (Å²) in [6, 6.07) is 55.9. The maximum Gasteiger partial charge on any atom is 0.196 e. The van der Waals surface area contributed by atoms with Crippen LogP contribution in [-0.4, -0.2) is 0 Å². The first kappa shape index (κ1) is 27.5. The van der Waals surface area contributed by atoms with Gasteiger partial charge in [-0.05, 0) is 68.3 Å². The van der Waals surface area contributed by atoms with E-state index in [0.717, 1.165) is 22.7 Å². The number of anilines is 1. The van der Waals surface area contributed by atoms with Crippen LogP contribution in [0.25, 0.3) is 38.4 Å². The lowest BCUT2D eigenvalue weighted by atomic mass is 9.94. The van der Waals surface area contributed by atoms with Crippen LogP contribution >= 0.6 is 0 Å². The van der Waals surface area contributed by atoms with Crippen LogP contribution in [0, 0.1) is 0 Å². The second kappa shape index (κ2) is 11.5. The minimum atomic E-state index is -0.206. The van der Waals surface area contributed by atoms with E-state index in [0.29, 0.717) is 0 Å². The Bertz CT molecular complexity index is 2260. The molecular formula is C43H33N3O. The van der Waals surface area contributed by atoms with E-state index in [9.17, 15) is 0 Å². The van der Waals surface area contributed by atoms with Crippen LogP contribution in [0.15, 0.2) is 164 Å². The van der Waals surface area contributed by atoms with Crippen LogP contribution in [0.3, 0.4) is 0 Å². The molecule has 0 spiro atoms. The van der Waals surface area contributed by atoms with Crippen molar-refractivity contribution in [1.29, 1.82) is 0 Å². The SMILES string of the molecule is C1=C(c2ccccc2)NC(c2ccc3c(ccc4ccc5c(c43)NC(c3ccccc3)O5)c2)NC1c1cccc(-c2ccccc2)c1. The number of nitrogens with one attached hydrogen (secondary N) is 3. The van der Waals surface area contributed by atoms with E-state index in [1.165, 1.54) is 49.4 Å². The fraction of sp³-hybridized carbons (Fsp3) is 0.0698. The van der Waals surface area contributed by atoms with E-state index in [4.69, 9.17) is 4.74 Å². The molecule has 0 aliphatic carbocycles. The van der Waals surface area contributed by atoms with Gasteiger partial charge in [-0.25, -0.2) is 0 Å². The van der Waals surface area contributed by atoms with Crippen molar-refractivity contribution in [3.63, 3.8) is 0 Å². The zero-order chi connectivity index (χ0) is 31.2. The van der Waals surface area contributed by atoms with Gasteiger partial charge in [0.25, 0.3) is 0 Å². The Labute approximate surface area is 274 Å². The highest BCUT2D eigenvalue weighted by molar-refractivity contribution is 6.15. The highest BCUT2D eigenvalue weighted by Crippen LogP contribution is 2.45. The molecule has 226 valence electrons. The maximum atomic E-state index is 6.38. The molecule has 7 aromatic carbocycles. The van der Waals surface area contributed by atoms with Gasteiger partial charge in [-0.2, -0.15) is 0 Å². The average molecular weight is 608 g/mol. The molecule has 2 aliphatic rings. The lowest BCUT2D eigenvalue weighted by Gasteiger charge is -2.33. The third kappa shape index (κ3) is 5.09. The van der Waals surface area contributed by atoms with Gasteiger partial charge in [-0.1, -0.05) is 140 Å². The topological polar surface area (TPSA) is 45.3 Å². The number of fused-ring (bicyclic) bond motifs is 5. The second-order valence-corrected chi connectivity index (χ2v) is 12.3. The fourth-order valence-electron chi connectivity index (χ4n) is 6.99. The Balaban J connectivity index is 1.09. The monoisotopic (exact) mass is 607 g/mol. The van der Waals surface area contributed by atoms with Gasteiger partial charge in [0.05, 0.1) is 11.7 Å². The first-order valence-corrected chi connectivity index (χ1v) is 16.2. The fourth-order valence-corrected chi connectivity index (χ4v) is 6.99. The first-order chi connectivity index (χ1) is 23.3. The largest absolute Gasteiger partial charge is 0.464 e. The summed E-state index contributed by atoms with van der Waals surface area (Å²) in [6.07, 6.45) is 2.01. The molecule has 2 heterocycles. The van der Waals surface area contributed by atoms with Crippen LogP contribution in [0.4, 0.5) is 5.69 Å². The smallest absolute Gasteiger partial charge is 0.196 e. The summed E-state index contributed by atoms with van der Waals surface area (Å²) in [6.45, 7) is 0. The quantitative estimate of drug-likeness (QED) is 0.170. The van der Waals surface area contributed by atoms with Crippen molar-refractivity contribution in [3.8, 4) is 16.9 Å². The summed E-state index contributed by atoms with van der Waals surface area (Å²) in [7, 11) is 0. The summed E-state index contributed by atoms with van der Waals surface area (Å²) in [4.78, 5) is 0. The van der Waals surface area contributed by atoms with Gasteiger partial charge in [0.1, 0.15) is 11.9 Å². The van der Waals surface area contributed by atoms with Crippen molar-refractivity contribution >= 4 is 32.9 Å². The lowest BCUT2D eigenvalue weighted by Crippen LogP contribution is -2.39. The first-order valence-electron chi connectivity index (χ1n) is 16.2. The Morgan fingerprint density at radius 1 is 0.489 bits per heavy atom. The standard InChI is InChI=1S/C43H33N3O/c1-4-11-28(12-5-1)32-17-10-18-34(25-32)38-27-37(29-13-6-2-7-14-29)44-42(45-38)35-21-23-36-33(26-35)20-19-30-22-24-39-41(40(30)36)46-43(47-39)31-15-8-3-9-16-31/h1-27,38,42-46H. The normalized spacial score (nSPS) is 18.6. The molecule has 2 aliphatic heterocycles. The van der Waals surface area contributed by atoms with Crippen molar-refractivity contribution in [2.24, 2.45) is 0 Å². The summed E-state index contributed by atoms with van der Waals surface area (Å²) < 4.78 is 6.38. The molecule has 3 N–H and O–H groups in total. The summed E-state index contributed by atoms with van der Waals surface area (Å²) in [5.74, 6) is 0.886. The molecule has 0 aromatic heterocycles. The second-order valence-electron chi connectivity index (χ2n) is 12.3. The minimum Gasteiger partial charge on any atom is -0.464 e. The van der Waals surface area contributed by atoms with Gasteiger partial charge in [-0.15, -0.1) is 0 Å². The number of benzene rings is 7. The molecule has 4 nitrogen and oxygen atoms in total. The maximum absolute atomic E-state index is 6.38. The van der Waals surface area contributed by atoms with Gasteiger partial charge in [0.2, 0.25) is 0 Å². The van der Waals surface area contributed by atoms with Crippen molar-refractivity contribution in [3.05, 3.63) is 186 Å². The van der Waals surface area contributed by atoms with Gasteiger partial charge in [0, 0.05) is 16.6 Å². The summed E-state index contributed by atoms with van der Waals surface area (Å²) in [5.41, 5.74) is 9.30. The van der Waals surface area contributed by atoms with Crippen molar-refractivity contribution in [2.75, 3.05) is 5.32 Å². The molecule has 3 atom stereocenters. The van der Waals surface area contributed by atoms with Crippen LogP contribution in [0.2, 0.25) is 0 Å². The van der Waals surface area contributed by atoms with Crippen LogP contribution < -0.4 is 20.7 Å². The number of hydrogen-bond acceptors (Lipinski definition) is 4. The highest BCUT2D eigenvalue weighted by atomic mass is 16.5. The zero-order valence-corrected chi connectivity index (χ0v) is 25.7. The summed E-state index contributed by atoms with van der Waals surface area (Å²) in [5, 5.41) is 16.2. The van der Waals surface area contributed by atoms with E-state index in [2.05, 4.69) is 174 Å². The zero-order valence-electron chi connectivity index (χ0n) is 25.7. The lowest BCUT2D eigenvalue weighted by molar-refractivity contribution is 0.260. The average Bonchev–Trinajstić information content (AvgIpc) is 3.60. The molecule has 4 heteroatoms. The van der Waals surface area contributed by atoms with E-state index < -0.39 is 0 Å². The molecule has 7 aromatic rings. The van der Waals surface area contributed by atoms with Crippen LogP contribution in [-0.2, 0) is 0 Å². The number of rotatable bonds is 5. The third-order valence-corrected chi connectivity index (χ3v) is 9.36. The van der Waals surface area contributed by atoms with Gasteiger partial charge in [0.15, 0.2) is 6.23 Å². The Morgan fingerprint density at radius 2 is 1.17 bits per heavy atom. The van der Waals surface area contributed by atoms with E-state index >= 15 is 0 Å². The van der Waals surface area contributed by atoms with E-state index in [1.54, 1.807) is 0 Å². The molecule has 0 saturated carbocycles. The van der Waals surface area contributed by atoms with Crippen LogP contribution in [0.5, 0.6) is 5.75 Å². The van der Waals surface area contributed by atoms with Gasteiger partial charge in [-0.3, -0.25) is 5.32 Å². The predicted molar refractivity (Wildman–Crippen MR) is 193 cm³/mol. The van der Waals surface area contributed by atoms with Crippen molar-refractivity contribution in [2.45, 2.75) is 18.4 Å². The summed E-state index contributed by atoms with van der Waals surface area (Å²) >= 11 is 0. The minimum absolute atomic E-state index is 0.0203. The van der Waals surface area contributed by atoms with Gasteiger partial charge >= 0.3 is 0 Å². The van der Waals surface area contributed by atoms with Gasteiger partial charge < -0.3 is 15.4 Å². The van der Waals surface area contributed by atoms with Crippen molar-refractivity contribution < 1.29 is 4.74 Å². The molecule has 47 heavy (non-hydrogen) atoms. The van der Waals surface area contributed by atoms with Crippen LogP contribution in [0.1, 0.15) is 40.7 Å². The molecule has 3 unspecified atom stereocenters. The molecular weight excluding hydrogens is 574 g/mol. The molecule has 0 bridgehead atoms. The number of ether oxygens (including phenoxy) is 1. The molecule has 0 fully saturated rings. The Kier molecular flexibility index (Phi) is 6.72. The molecule has 0 radical (unpaired) electrons. The van der Waals surface area contributed by atoms with E-state index in [-0.39, 0.29) is 18.4 Å². The molecule has 9 rings (SSSR count). The van der Waals surface area contributed by atoms with E-state index in [1.807, 2.05) is 6.07 Å². The molecule has 0 amide bonds. The number of hydrogen-bond donors (Lipinski definition) is 3. The Morgan fingerprint density at radius 3 is 1.98 bits per heavy atom. The third-order valence-electron chi connectivity index (χ3n) is 9.36. The predicted octanol–water partition coefficient (Wildman–Crippen LogP) is 10.1. The molecule has 0 saturated heterocycles. The highest BCUT2D eigenvalue weighted by Gasteiger charge is 2.27. The Hall–Kier alpha value is -5.84.